The van der Waals surface area contributed by atoms with Crippen molar-refractivity contribution in [3.05, 3.63) is 28.8 Å². The summed E-state index contributed by atoms with van der Waals surface area (Å²) in [6, 6.07) is 0. The van der Waals surface area contributed by atoms with E-state index in [9.17, 15) is 22.4 Å². The van der Waals surface area contributed by atoms with Gasteiger partial charge in [0.05, 0.1) is 0 Å². The molecule has 4 nitrogen and oxygen atoms in total. The van der Waals surface area contributed by atoms with Crippen molar-refractivity contribution in [2.45, 2.75) is 0 Å². The summed E-state index contributed by atoms with van der Waals surface area (Å²) >= 11 is 0. The van der Waals surface area contributed by atoms with Gasteiger partial charge in [-0.15, -0.1) is 0 Å². The smallest absolute Gasteiger partial charge is 0.257 e. The van der Waals surface area contributed by atoms with E-state index >= 15 is 0 Å². The average Bonchev–Trinajstić information content (AvgIpc) is 2.34. The topological polar surface area (TPSA) is 58.4 Å². The Balaban J connectivity index is 3.04. The maximum absolute atomic E-state index is 13.4. The molecule has 19 heavy (non-hydrogen) atoms. The van der Waals surface area contributed by atoms with E-state index in [1.807, 2.05) is 0 Å². The van der Waals surface area contributed by atoms with Gasteiger partial charge in [-0.25, -0.2) is 17.6 Å². The van der Waals surface area contributed by atoms with E-state index in [0.717, 1.165) is 0 Å². The summed E-state index contributed by atoms with van der Waals surface area (Å²) < 4.78 is 53.1. The summed E-state index contributed by atoms with van der Waals surface area (Å²) in [5.74, 6) is -8.42. The molecule has 0 saturated carbocycles. The highest BCUT2D eigenvalue weighted by molar-refractivity contribution is 5.95. The van der Waals surface area contributed by atoms with E-state index in [0.29, 0.717) is 6.54 Å². The first-order valence-electron chi connectivity index (χ1n) is 5.31. The van der Waals surface area contributed by atoms with Gasteiger partial charge in [0.2, 0.25) is 0 Å². The molecule has 0 aliphatic carbocycles. The monoisotopic (exact) mass is 279 g/mol. The summed E-state index contributed by atoms with van der Waals surface area (Å²) in [4.78, 5) is 13.2. The molecule has 0 spiro atoms. The second-order valence-electron chi connectivity index (χ2n) is 4.10. The van der Waals surface area contributed by atoms with Crippen LogP contribution in [0, 0.1) is 23.3 Å². The number of nitrogens with two attached hydrogens (primary N) is 1. The van der Waals surface area contributed by atoms with Gasteiger partial charge in [-0.05, 0) is 14.1 Å². The molecule has 0 atom stereocenters. The normalized spacial score (nSPS) is 10.9. The van der Waals surface area contributed by atoms with Crippen LogP contribution in [0.3, 0.4) is 0 Å². The molecule has 1 rings (SSSR count). The number of amides is 1. The quantitative estimate of drug-likeness (QED) is 0.493. The molecule has 0 aliphatic heterocycles. The molecule has 0 radical (unpaired) electrons. The number of nitrogens with zero attached hydrogens (tertiary/aromatic N) is 1. The maximum atomic E-state index is 13.4. The predicted molar refractivity (Wildman–Crippen MR) is 61.6 cm³/mol. The lowest BCUT2D eigenvalue weighted by Gasteiger charge is -2.12. The lowest BCUT2D eigenvalue weighted by molar-refractivity contribution is 0.0940. The summed E-state index contributed by atoms with van der Waals surface area (Å²) in [5.41, 5.74) is 2.22. The van der Waals surface area contributed by atoms with Crippen LogP contribution in [0.5, 0.6) is 0 Å². The van der Waals surface area contributed by atoms with Gasteiger partial charge in [0.15, 0.2) is 23.3 Å². The Morgan fingerprint density at radius 1 is 1.11 bits per heavy atom. The molecule has 0 bridgehead atoms. The van der Waals surface area contributed by atoms with Crippen LogP contribution in [-0.4, -0.2) is 38.0 Å². The third-order valence-electron chi connectivity index (χ3n) is 2.37. The zero-order valence-corrected chi connectivity index (χ0v) is 10.4. The number of carbonyl (C=O) groups is 1. The van der Waals surface area contributed by atoms with E-state index in [2.05, 4.69) is 5.32 Å². The van der Waals surface area contributed by atoms with Crippen molar-refractivity contribution >= 4 is 11.6 Å². The number of benzene rings is 1. The van der Waals surface area contributed by atoms with Gasteiger partial charge in [0.25, 0.3) is 5.91 Å². The number of likely N-dealkylation sites (N-methyl/N-ethyl adjacent to an activating group) is 1. The van der Waals surface area contributed by atoms with E-state index in [1.54, 1.807) is 19.0 Å². The summed E-state index contributed by atoms with van der Waals surface area (Å²) in [6.07, 6.45) is 0. The second kappa shape index (κ2) is 5.87. The van der Waals surface area contributed by atoms with Crippen LogP contribution in [0.2, 0.25) is 0 Å². The molecule has 0 saturated heterocycles. The molecule has 106 valence electrons. The van der Waals surface area contributed by atoms with Crippen LogP contribution in [0.15, 0.2) is 0 Å². The number of nitrogens with one attached hydrogen (secondary N) is 1. The number of carbonyl (C=O) groups excluding carboxylic acids is 1. The van der Waals surface area contributed by atoms with Gasteiger partial charge in [0.1, 0.15) is 11.3 Å². The predicted octanol–water partition coefficient (Wildman–Crippen LogP) is 1.12. The molecular formula is C11H13F4N3O. The summed E-state index contributed by atoms with van der Waals surface area (Å²) in [7, 11) is 3.44. The van der Waals surface area contributed by atoms with Crippen LogP contribution < -0.4 is 11.1 Å². The molecule has 0 fully saturated rings. The standard InChI is InChI=1S/C11H13F4N3O/c1-18(2)4-3-17-11(19)5-6(12)8(14)10(16)9(15)7(5)13/h3-4,16H2,1-2H3,(H,17,19). The van der Waals surface area contributed by atoms with Gasteiger partial charge >= 0.3 is 0 Å². The van der Waals surface area contributed by atoms with Crippen LogP contribution in [0.4, 0.5) is 23.2 Å². The van der Waals surface area contributed by atoms with Crippen molar-refractivity contribution in [2.75, 3.05) is 32.9 Å². The zero-order valence-electron chi connectivity index (χ0n) is 10.4. The fourth-order valence-corrected chi connectivity index (χ4v) is 1.33. The molecule has 0 unspecified atom stereocenters. The summed E-state index contributed by atoms with van der Waals surface area (Å²) in [5, 5.41) is 2.15. The Kier molecular flexibility index (Phi) is 4.71. The average molecular weight is 279 g/mol. The first-order chi connectivity index (χ1) is 8.77. The van der Waals surface area contributed by atoms with Gasteiger partial charge < -0.3 is 16.0 Å². The molecule has 8 heteroatoms. The molecular weight excluding hydrogens is 266 g/mol. The van der Waals surface area contributed by atoms with Crippen LogP contribution in [-0.2, 0) is 0 Å². The molecule has 1 aromatic rings. The van der Waals surface area contributed by atoms with E-state index in [-0.39, 0.29) is 6.54 Å². The first kappa shape index (κ1) is 15.2. The number of anilines is 1. The third kappa shape index (κ3) is 3.14. The van der Waals surface area contributed by atoms with Crippen LogP contribution in [0.1, 0.15) is 10.4 Å². The van der Waals surface area contributed by atoms with E-state index in [1.165, 1.54) is 0 Å². The molecule has 3 N–H and O–H groups in total. The van der Waals surface area contributed by atoms with Crippen molar-refractivity contribution in [1.29, 1.82) is 0 Å². The van der Waals surface area contributed by atoms with Crippen LogP contribution >= 0.6 is 0 Å². The molecule has 1 amide bonds. The van der Waals surface area contributed by atoms with E-state index in [4.69, 9.17) is 5.73 Å². The number of nitrogen functional groups attached to an aromatic ring is 1. The van der Waals surface area contributed by atoms with Crippen LogP contribution in [0.25, 0.3) is 0 Å². The van der Waals surface area contributed by atoms with Crippen molar-refractivity contribution in [2.24, 2.45) is 0 Å². The maximum Gasteiger partial charge on any atom is 0.257 e. The van der Waals surface area contributed by atoms with E-state index < -0.39 is 40.4 Å². The van der Waals surface area contributed by atoms with Gasteiger partial charge in [0, 0.05) is 13.1 Å². The van der Waals surface area contributed by atoms with Crippen molar-refractivity contribution in [3.8, 4) is 0 Å². The third-order valence-corrected chi connectivity index (χ3v) is 2.37. The highest BCUT2D eigenvalue weighted by Crippen LogP contribution is 2.25. The number of rotatable bonds is 4. The molecule has 0 aliphatic rings. The molecule has 0 heterocycles. The summed E-state index contributed by atoms with van der Waals surface area (Å²) in [6.45, 7) is 0.466. The second-order valence-corrected chi connectivity index (χ2v) is 4.10. The SMILES string of the molecule is CN(C)CCNC(=O)c1c(F)c(F)c(N)c(F)c1F. The Bertz CT molecular complexity index is 476. The zero-order chi connectivity index (χ0) is 14.7. The Morgan fingerprint density at radius 3 is 2.00 bits per heavy atom. The minimum Gasteiger partial charge on any atom is -0.394 e. The lowest BCUT2D eigenvalue weighted by atomic mass is 10.1. The highest BCUT2D eigenvalue weighted by atomic mass is 19.2. The Morgan fingerprint density at radius 2 is 1.58 bits per heavy atom. The Hall–Kier alpha value is -1.83. The minimum absolute atomic E-state index is 0.0678. The minimum atomic E-state index is -1.81. The molecule has 0 aromatic heterocycles. The van der Waals surface area contributed by atoms with Crippen molar-refractivity contribution < 1.29 is 22.4 Å². The molecule has 1 aromatic carbocycles. The fraction of sp³-hybridized carbons (Fsp3) is 0.364. The number of hydrogen-bond acceptors (Lipinski definition) is 3. The number of halogens is 4. The van der Waals surface area contributed by atoms with Crippen molar-refractivity contribution in [3.63, 3.8) is 0 Å². The van der Waals surface area contributed by atoms with Gasteiger partial charge in [-0.2, -0.15) is 0 Å². The van der Waals surface area contributed by atoms with Crippen molar-refractivity contribution in [1.82, 2.24) is 10.2 Å². The largest absolute Gasteiger partial charge is 0.394 e. The Labute approximate surface area is 107 Å². The van der Waals surface area contributed by atoms with Gasteiger partial charge in [-0.1, -0.05) is 0 Å². The highest BCUT2D eigenvalue weighted by Gasteiger charge is 2.27. The number of hydrogen-bond donors (Lipinski definition) is 2. The first-order valence-corrected chi connectivity index (χ1v) is 5.31. The van der Waals surface area contributed by atoms with Gasteiger partial charge in [-0.3, -0.25) is 4.79 Å². The lowest BCUT2D eigenvalue weighted by Crippen LogP contribution is -2.33. The fourth-order valence-electron chi connectivity index (χ4n) is 1.33.